The van der Waals surface area contributed by atoms with E-state index in [1.54, 1.807) is 0 Å². The van der Waals surface area contributed by atoms with Crippen LogP contribution in [0.2, 0.25) is 0 Å². The van der Waals surface area contributed by atoms with Gasteiger partial charge in [0.15, 0.2) is 0 Å². The second-order valence-corrected chi connectivity index (χ2v) is 9.06. The van der Waals surface area contributed by atoms with E-state index in [1.807, 2.05) is 36.9 Å². The largest absolute Gasteiger partial charge is 0.381 e. The lowest BCUT2D eigenvalue weighted by Gasteiger charge is -2.51. The number of piperazine rings is 1. The zero-order valence-corrected chi connectivity index (χ0v) is 19.5. The fourth-order valence-electron chi connectivity index (χ4n) is 5.01. The summed E-state index contributed by atoms with van der Waals surface area (Å²) >= 11 is 0. The van der Waals surface area contributed by atoms with Crippen LogP contribution in [-0.2, 0) is 16.1 Å². The first-order valence-corrected chi connectivity index (χ1v) is 11.9. The molecule has 2 aromatic rings. The second-order valence-electron chi connectivity index (χ2n) is 9.06. The van der Waals surface area contributed by atoms with Gasteiger partial charge in [0, 0.05) is 70.1 Å². The summed E-state index contributed by atoms with van der Waals surface area (Å²) in [6.45, 7) is 11.2. The molecule has 0 radical (unpaired) electrons. The van der Waals surface area contributed by atoms with E-state index in [1.165, 1.54) is 5.56 Å². The highest BCUT2D eigenvalue weighted by Gasteiger charge is 2.42. The molecule has 2 aliphatic heterocycles. The molecule has 0 bridgehead atoms. The molecule has 0 saturated carbocycles. The van der Waals surface area contributed by atoms with Gasteiger partial charge in [-0.25, -0.2) is 4.98 Å². The van der Waals surface area contributed by atoms with Gasteiger partial charge < -0.3 is 4.74 Å². The smallest absolute Gasteiger partial charge is 0.227 e. The molecule has 2 saturated heterocycles. The summed E-state index contributed by atoms with van der Waals surface area (Å²) < 4.78 is 5.75. The number of ether oxygens (including phenoxy) is 1. The van der Waals surface area contributed by atoms with Gasteiger partial charge in [0.25, 0.3) is 0 Å². The maximum atomic E-state index is 13.0. The van der Waals surface area contributed by atoms with Gasteiger partial charge in [-0.2, -0.15) is 0 Å². The minimum absolute atomic E-state index is 0.0622. The van der Waals surface area contributed by atoms with Crippen molar-refractivity contribution in [1.29, 1.82) is 0 Å². The normalized spacial score (nSPS) is 19.6. The predicted octanol–water partition coefficient (Wildman–Crippen LogP) is 3.50. The third kappa shape index (κ3) is 5.37. The Labute approximate surface area is 192 Å². The fourth-order valence-corrected chi connectivity index (χ4v) is 5.01. The zero-order chi connectivity index (χ0) is 22.4. The third-order valence-electron chi connectivity index (χ3n) is 6.92. The molecule has 0 unspecified atom stereocenters. The van der Waals surface area contributed by atoms with Gasteiger partial charge in [-0.05, 0) is 37.5 Å². The van der Waals surface area contributed by atoms with E-state index >= 15 is 0 Å². The van der Waals surface area contributed by atoms with Crippen molar-refractivity contribution in [3.05, 3.63) is 59.8 Å². The first kappa shape index (κ1) is 22.9. The van der Waals surface area contributed by atoms with Crippen molar-refractivity contribution in [2.24, 2.45) is 0 Å². The van der Waals surface area contributed by atoms with Crippen LogP contribution in [-0.4, -0.2) is 72.2 Å². The molecule has 0 aliphatic carbocycles. The Morgan fingerprint density at radius 3 is 2.41 bits per heavy atom. The number of hydrogen-bond donors (Lipinski definition) is 0. The average Bonchev–Trinajstić information content (AvgIpc) is 2.84. The maximum absolute atomic E-state index is 13.0. The van der Waals surface area contributed by atoms with E-state index in [0.717, 1.165) is 70.3 Å². The molecule has 1 aromatic carbocycles. The van der Waals surface area contributed by atoms with Crippen molar-refractivity contribution in [2.45, 2.75) is 45.2 Å². The number of anilines is 1. The fraction of sp³-hybridized carbons (Fsp3) is 0.538. The van der Waals surface area contributed by atoms with E-state index in [4.69, 9.17) is 9.72 Å². The molecule has 0 atom stereocenters. The Morgan fingerprint density at radius 1 is 1.03 bits per heavy atom. The highest BCUT2D eigenvalue weighted by Crippen LogP contribution is 2.32. The quantitative estimate of drug-likeness (QED) is 0.665. The summed E-state index contributed by atoms with van der Waals surface area (Å²) in [5.41, 5.74) is 2.24. The molecule has 0 spiro atoms. The molecule has 0 N–H and O–H groups in total. The van der Waals surface area contributed by atoms with Crippen molar-refractivity contribution in [1.82, 2.24) is 14.8 Å². The van der Waals surface area contributed by atoms with Gasteiger partial charge in [-0.1, -0.05) is 43.3 Å². The highest BCUT2D eigenvalue weighted by atomic mass is 16.5. The van der Waals surface area contributed by atoms with Crippen LogP contribution in [0.15, 0.2) is 48.5 Å². The van der Waals surface area contributed by atoms with Gasteiger partial charge in [0.2, 0.25) is 5.91 Å². The Morgan fingerprint density at radius 2 is 1.75 bits per heavy atom. The number of carbonyl (C=O) groups excluding carboxylic acids is 1. The molecule has 172 valence electrons. The molecule has 2 fully saturated rings. The minimum Gasteiger partial charge on any atom is -0.381 e. The van der Waals surface area contributed by atoms with Crippen LogP contribution < -0.4 is 4.90 Å². The van der Waals surface area contributed by atoms with Crippen LogP contribution in [0.4, 0.5) is 5.82 Å². The summed E-state index contributed by atoms with van der Waals surface area (Å²) in [4.78, 5) is 24.8. The molecule has 2 aliphatic rings. The minimum atomic E-state index is -0.0622. The maximum Gasteiger partial charge on any atom is 0.227 e. The lowest BCUT2D eigenvalue weighted by molar-refractivity contribution is -0.119. The number of carbonyl (C=O) groups is 1. The summed E-state index contributed by atoms with van der Waals surface area (Å²) in [6.07, 6.45) is 2.38. The Balaban J connectivity index is 1.50. The number of aromatic nitrogens is 1. The van der Waals surface area contributed by atoms with Crippen molar-refractivity contribution < 1.29 is 9.53 Å². The van der Waals surface area contributed by atoms with Crippen LogP contribution in [0.25, 0.3) is 0 Å². The number of aryl methyl sites for hydroxylation is 1. The predicted molar refractivity (Wildman–Crippen MR) is 128 cm³/mol. The molecule has 3 heterocycles. The molecular formula is C26H36N4O2. The van der Waals surface area contributed by atoms with E-state index in [2.05, 4.69) is 40.1 Å². The zero-order valence-electron chi connectivity index (χ0n) is 19.5. The van der Waals surface area contributed by atoms with Gasteiger partial charge in [0.1, 0.15) is 5.82 Å². The SMILES string of the molecule is CCC(=O)N(CC1(N2CCN(Cc3ccccc3)CC2)CCOCC1)c1cccc(C)n1. The topological polar surface area (TPSA) is 48.9 Å². The van der Waals surface area contributed by atoms with Crippen molar-refractivity contribution in [3.8, 4) is 0 Å². The summed E-state index contributed by atoms with van der Waals surface area (Å²) in [5.74, 6) is 0.905. The summed E-state index contributed by atoms with van der Waals surface area (Å²) in [5, 5.41) is 0. The number of benzene rings is 1. The Kier molecular flexibility index (Phi) is 7.55. The molecular weight excluding hydrogens is 400 g/mol. The molecule has 32 heavy (non-hydrogen) atoms. The first-order chi connectivity index (χ1) is 15.6. The van der Waals surface area contributed by atoms with Crippen LogP contribution in [0, 0.1) is 6.92 Å². The lowest BCUT2D eigenvalue weighted by atomic mass is 9.86. The molecule has 4 rings (SSSR count). The monoisotopic (exact) mass is 436 g/mol. The lowest BCUT2D eigenvalue weighted by Crippen LogP contribution is -2.63. The van der Waals surface area contributed by atoms with Crippen LogP contribution in [0.1, 0.15) is 37.4 Å². The Hall–Kier alpha value is -2.28. The number of pyridine rings is 1. The van der Waals surface area contributed by atoms with E-state index < -0.39 is 0 Å². The highest BCUT2D eigenvalue weighted by molar-refractivity contribution is 5.92. The van der Waals surface area contributed by atoms with Crippen LogP contribution in [0.3, 0.4) is 0 Å². The van der Waals surface area contributed by atoms with E-state index in [0.29, 0.717) is 13.0 Å². The van der Waals surface area contributed by atoms with Gasteiger partial charge >= 0.3 is 0 Å². The van der Waals surface area contributed by atoms with E-state index in [-0.39, 0.29) is 11.4 Å². The van der Waals surface area contributed by atoms with Crippen LogP contribution in [0.5, 0.6) is 0 Å². The van der Waals surface area contributed by atoms with E-state index in [9.17, 15) is 4.79 Å². The summed E-state index contributed by atoms with van der Waals surface area (Å²) in [6, 6.07) is 16.6. The van der Waals surface area contributed by atoms with Crippen molar-refractivity contribution in [3.63, 3.8) is 0 Å². The number of amides is 1. The average molecular weight is 437 g/mol. The third-order valence-corrected chi connectivity index (χ3v) is 6.92. The number of nitrogens with zero attached hydrogens (tertiary/aromatic N) is 4. The standard InChI is InChI=1S/C26H36N4O2/c1-3-25(31)30(24-11-7-8-22(2)27-24)21-26(12-18-32-19-13-26)29-16-14-28(15-17-29)20-23-9-5-4-6-10-23/h4-11H,3,12-21H2,1-2H3. The molecule has 1 amide bonds. The van der Waals surface area contributed by atoms with Crippen LogP contribution >= 0.6 is 0 Å². The summed E-state index contributed by atoms with van der Waals surface area (Å²) in [7, 11) is 0. The number of hydrogen-bond acceptors (Lipinski definition) is 5. The van der Waals surface area contributed by atoms with Crippen molar-refractivity contribution >= 4 is 11.7 Å². The van der Waals surface area contributed by atoms with Gasteiger partial charge in [0.05, 0.1) is 0 Å². The molecule has 6 heteroatoms. The van der Waals surface area contributed by atoms with Gasteiger partial charge in [-0.15, -0.1) is 0 Å². The first-order valence-electron chi connectivity index (χ1n) is 11.9. The number of rotatable bonds is 7. The second kappa shape index (κ2) is 10.6. The van der Waals surface area contributed by atoms with Crippen molar-refractivity contribution in [2.75, 3.05) is 50.8 Å². The molecule has 6 nitrogen and oxygen atoms in total. The Bertz CT molecular complexity index is 874. The van der Waals surface area contributed by atoms with Gasteiger partial charge in [-0.3, -0.25) is 19.5 Å². The molecule has 1 aromatic heterocycles.